The zero-order valence-electron chi connectivity index (χ0n) is 11.6. The van der Waals surface area contributed by atoms with Gasteiger partial charge in [-0.2, -0.15) is 0 Å². The molecule has 0 saturated heterocycles. The Kier molecular flexibility index (Phi) is 4.43. The molecule has 0 aliphatic carbocycles. The van der Waals surface area contributed by atoms with E-state index in [0.717, 1.165) is 12.1 Å². The smallest absolute Gasteiger partial charge is 0.414 e. The predicted molar refractivity (Wildman–Crippen MR) is 76.4 cm³/mol. The Bertz CT molecular complexity index is 446. The summed E-state index contributed by atoms with van der Waals surface area (Å²) in [5.41, 5.74) is 7.82. The van der Waals surface area contributed by atoms with Gasteiger partial charge in [-0.1, -0.05) is 32.0 Å². The van der Waals surface area contributed by atoms with Crippen LogP contribution in [0.3, 0.4) is 0 Å². The first-order valence-corrected chi connectivity index (χ1v) is 6.86. The maximum absolute atomic E-state index is 12.1. The summed E-state index contributed by atoms with van der Waals surface area (Å²) in [5, 5.41) is 0. The Morgan fingerprint density at radius 3 is 2.89 bits per heavy atom. The molecule has 1 unspecified atom stereocenters. The highest BCUT2D eigenvalue weighted by molar-refractivity contribution is 5.90. The molecule has 0 bridgehead atoms. The summed E-state index contributed by atoms with van der Waals surface area (Å²) < 4.78 is 5.33. The van der Waals surface area contributed by atoms with Crippen molar-refractivity contribution in [3.05, 3.63) is 29.8 Å². The third-order valence-electron chi connectivity index (χ3n) is 3.35. The maximum Gasteiger partial charge on any atom is 0.414 e. The second-order valence-corrected chi connectivity index (χ2v) is 5.41. The van der Waals surface area contributed by atoms with Crippen LogP contribution in [0.25, 0.3) is 0 Å². The second kappa shape index (κ2) is 6.06. The summed E-state index contributed by atoms with van der Waals surface area (Å²) >= 11 is 0. The van der Waals surface area contributed by atoms with Gasteiger partial charge in [-0.3, -0.25) is 4.90 Å². The third kappa shape index (κ3) is 3.07. The fourth-order valence-electron chi connectivity index (χ4n) is 2.43. The summed E-state index contributed by atoms with van der Waals surface area (Å²) in [6.45, 7) is 5.82. The van der Waals surface area contributed by atoms with Gasteiger partial charge < -0.3 is 10.5 Å². The molecular weight excluding hydrogens is 240 g/mol. The average molecular weight is 262 g/mol. The van der Waals surface area contributed by atoms with Crippen molar-refractivity contribution in [3.8, 4) is 0 Å². The second-order valence-electron chi connectivity index (χ2n) is 5.41. The number of ether oxygens (including phenoxy) is 1. The van der Waals surface area contributed by atoms with E-state index in [1.807, 2.05) is 32.0 Å². The van der Waals surface area contributed by atoms with Crippen LogP contribution in [0, 0.1) is 5.92 Å². The summed E-state index contributed by atoms with van der Waals surface area (Å²) in [7, 11) is 0. The lowest BCUT2D eigenvalue weighted by atomic mass is 9.98. The maximum atomic E-state index is 12.1. The molecule has 2 rings (SSSR count). The number of rotatable bonds is 4. The van der Waals surface area contributed by atoms with Gasteiger partial charge in [0.15, 0.2) is 0 Å². The van der Waals surface area contributed by atoms with Crippen LogP contribution in [0.4, 0.5) is 10.5 Å². The lowest BCUT2D eigenvalue weighted by molar-refractivity contribution is 0.140. The van der Waals surface area contributed by atoms with Crippen LogP contribution in [0.1, 0.15) is 31.7 Å². The van der Waals surface area contributed by atoms with Gasteiger partial charge in [-0.05, 0) is 30.5 Å². The Hall–Kier alpha value is -1.55. The Morgan fingerprint density at radius 2 is 2.21 bits per heavy atom. The van der Waals surface area contributed by atoms with Crippen LogP contribution < -0.4 is 10.6 Å². The molecule has 0 radical (unpaired) electrons. The van der Waals surface area contributed by atoms with Crippen LogP contribution in [-0.2, 0) is 4.74 Å². The number of para-hydroxylation sites is 1. The van der Waals surface area contributed by atoms with Gasteiger partial charge in [0.1, 0.15) is 0 Å². The number of nitrogens with two attached hydrogens (primary N) is 1. The minimum absolute atomic E-state index is 0.249. The highest BCUT2D eigenvalue weighted by atomic mass is 16.6. The third-order valence-corrected chi connectivity index (χ3v) is 3.35. The average Bonchev–Trinajstić information content (AvgIpc) is 2.76. The fourth-order valence-corrected chi connectivity index (χ4v) is 2.43. The number of fused-ring (bicyclic) bond motifs is 1. The SMILES string of the molecule is CC(C)COC(=O)N1CC(CCN)c2ccccc21. The van der Waals surface area contributed by atoms with Gasteiger partial charge in [-0.15, -0.1) is 0 Å². The first-order chi connectivity index (χ1) is 9.13. The van der Waals surface area contributed by atoms with Gasteiger partial charge in [0.2, 0.25) is 0 Å². The molecule has 4 heteroatoms. The van der Waals surface area contributed by atoms with Crippen molar-refractivity contribution >= 4 is 11.8 Å². The molecule has 1 heterocycles. The van der Waals surface area contributed by atoms with E-state index in [1.54, 1.807) is 4.90 Å². The van der Waals surface area contributed by atoms with E-state index in [9.17, 15) is 4.79 Å². The van der Waals surface area contributed by atoms with Crippen molar-refractivity contribution < 1.29 is 9.53 Å². The number of benzene rings is 1. The number of carbonyl (C=O) groups is 1. The van der Waals surface area contributed by atoms with E-state index < -0.39 is 0 Å². The molecule has 1 aromatic rings. The zero-order valence-corrected chi connectivity index (χ0v) is 11.6. The highest BCUT2D eigenvalue weighted by Gasteiger charge is 2.32. The fraction of sp³-hybridized carbons (Fsp3) is 0.533. The highest BCUT2D eigenvalue weighted by Crippen LogP contribution is 2.37. The molecule has 2 N–H and O–H groups in total. The van der Waals surface area contributed by atoms with E-state index >= 15 is 0 Å². The normalized spacial score (nSPS) is 17.7. The lowest BCUT2D eigenvalue weighted by Crippen LogP contribution is -2.31. The number of hydrogen-bond donors (Lipinski definition) is 1. The quantitative estimate of drug-likeness (QED) is 0.907. The molecule has 4 nitrogen and oxygen atoms in total. The largest absolute Gasteiger partial charge is 0.449 e. The first kappa shape index (κ1) is 13.9. The van der Waals surface area contributed by atoms with E-state index in [-0.39, 0.29) is 6.09 Å². The zero-order chi connectivity index (χ0) is 13.8. The van der Waals surface area contributed by atoms with Gasteiger partial charge in [-0.25, -0.2) is 4.79 Å². The standard InChI is InChI=1S/C15H22N2O2/c1-11(2)10-19-15(18)17-9-12(7-8-16)13-5-3-4-6-14(13)17/h3-6,11-12H,7-10,16H2,1-2H3. The van der Waals surface area contributed by atoms with Crippen molar-refractivity contribution in [2.45, 2.75) is 26.2 Å². The van der Waals surface area contributed by atoms with Crippen LogP contribution in [0.2, 0.25) is 0 Å². The lowest BCUT2D eigenvalue weighted by Gasteiger charge is -2.18. The topological polar surface area (TPSA) is 55.6 Å². The van der Waals surface area contributed by atoms with Crippen molar-refractivity contribution in [2.75, 3.05) is 24.6 Å². The number of nitrogens with zero attached hydrogens (tertiary/aromatic N) is 1. The molecule has 0 spiro atoms. The van der Waals surface area contributed by atoms with Crippen LogP contribution in [-0.4, -0.2) is 25.8 Å². The predicted octanol–water partition coefficient (Wildman–Crippen LogP) is 2.73. The molecule has 1 atom stereocenters. The molecule has 1 aliphatic rings. The molecule has 1 amide bonds. The molecular formula is C15H22N2O2. The molecule has 0 saturated carbocycles. The molecule has 19 heavy (non-hydrogen) atoms. The van der Waals surface area contributed by atoms with Crippen LogP contribution in [0.5, 0.6) is 0 Å². The molecule has 1 aliphatic heterocycles. The van der Waals surface area contributed by atoms with E-state index in [2.05, 4.69) is 6.07 Å². The Morgan fingerprint density at radius 1 is 1.47 bits per heavy atom. The van der Waals surface area contributed by atoms with Crippen LogP contribution in [0.15, 0.2) is 24.3 Å². The van der Waals surface area contributed by atoms with E-state index in [1.165, 1.54) is 5.56 Å². The number of amides is 1. The van der Waals surface area contributed by atoms with Crippen molar-refractivity contribution in [1.82, 2.24) is 0 Å². The minimum Gasteiger partial charge on any atom is -0.449 e. The molecule has 1 aromatic carbocycles. The van der Waals surface area contributed by atoms with Crippen molar-refractivity contribution in [2.24, 2.45) is 11.7 Å². The summed E-state index contributed by atoms with van der Waals surface area (Å²) in [6, 6.07) is 8.01. The summed E-state index contributed by atoms with van der Waals surface area (Å²) in [5.74, 6) is 0.675. The summed E-state index contributed by atoms with van der Waals surface area (Å²) in [6.07, 6.45) is 0.644. The monoisotopic (exact) mass is 262 g/mol. The Labute approximate surface area is 114 Å². The molecule has 104 valence electrons. The molecule has 0 aromatic heterocycles. The minimum atomic E-state index is -0.249. The van der Waals surface area contributed by atoms with Crippen molar-refractivity contribution in [3.63, 3.8) is 0 Å². The number of carbonyl (C=O) groups excluding carboxylic acids is 1. The van der Waals surface area contributed by atoms with E-state index in [4.69, 9.17) is 10.5 Å². The number of anilines is 1. The van der Waals surface area contributed by atoms with Gasteiger partial charge in [0, 0.05) is 12.5 Å². The number of hydrogen-bond acceptors (Lipinski definition) is 3. The van der Waals surface area contributed by atoms with Gasteiger partial charge >= 0.3 is 6.09 Å². The van der Waals surface area contributed by atoms with Gasteiger partial charge in [0.05, 0.1) is 12.3 Å². The summed E-state index contributed by atoms with van der Waals surface area (Å²) in [4.78, 5) is 13.9. The molecule has 0 fully saturated rings. The first-order valence-electron chi connectivity index (χ1n) is 6.86. The van der Waals surface area contributed by atoms with Gasteiger partial charge in [0.25, 0.3) is 0 Å². The van der Waals surface area contributed by atoms with E-state index in [0.29, 0.717) is 31.5 Å². The Balaban J connectivity index is 2.13. The van der Waals surface area contributed by atoms with Crippen molar-refractivity contribution in [1.29, 1.82) is 0 Å². The van der Waals surface area contributed by atoms with Crippen LogP contribution >= 0.6 is 0 Å².